The largest absolute Gasteiger partial charge is 0.393 e. The second-order valence-corrected chi connectivity index (χ2v) is 15.5. The fourth-order valence-electron chi connectivity index (χ4n) is 11.8. The molecule has 5 aliphatic rings. The molecule has 3 nitrogen and oxygen atoms in total. The van der Waals surface area contributed by atoms with Crippen molar-refractivity contribution in [3.05, 3.63) is 0 Å². The van der Waals surface area contributed by atoms with Gasteiger partial charge in [0.25, 0.3) is 0 Å². The number of fused-ring (bicyclic) bond motifs is 7. The highest BCUT2D eigenvalue weighted by atomic mass is 16.3. The predicted molar refractivity (Wildman–Crippen MR) is 134 cm³/mol. The van der Waals surface area contributed by atoms with Crippen molar-refractivity contribution in [1.82, 2.24) is 0 Å². The van der Waals surface area contributed by atoms with Gasteiger partial charge in [-0.3, -0.25) is 0 Å². The first-order chi connectivity index (χ1) is 15.0. The van der Waals surface area contributed by atoms with Crippen LogP contribution < -0.4 is 0 Å². The van der Waals surface area contributed by atoms with Crippen LogP contribution in [0.3, 0.4) is 0 Å². The Morgan fingerprint density at radius 3 is 2.03 bits per heavy atom. The lowest BCUT2D eigenvalue weighted by molar-refractivity contribution is -0.285. The summed E-state index contributed by atoms with van der Waals surface area (Å²) < 4.78 is 0. The first kappa shape index (κ1) is 24.6. The van der Waals surface area contributed by atoms with E-state index in [1.165, 1.54) is 25.7 Å². The van der Waals surface area contributed by atoms with Crippen LogP contribution in [0.4, 0.5) is 0 Å². The molecule has 190 valence electrons. The second-order valence-electron chi connectivity index (χ2n) is 15.5. The van der Waals surface area contributed by atoms with Crippen LogP contribution in [-0.2, 0) is 0 Å². The Morgan fingerprint density at radius 2 is 1.36 bits per heavy atom. The fourth-order valence-corrected chi connectivity index (χ4v) is 11.8. The maximum atomic E-state index is 11.8. The number of hydrogen-bond donors (Lipinski definition) is 3. The Labute approximate surface area is 203 Å². The van der Waals surface area contributed by atoms with Crippen molar-refractivity contribution in [2.24, 2.45) is 56.7 Å². The molecule has 0 aliphatic heterocycles. The Hall–Kier alpha value is -0.120. The van der Waals surface area contributed by atoms with Gasteiger partial charge in [0, 0.05) is 0 Å². The highest BCUT2D eigenvalue weighted by Crippen LogP contribution is 2.77. The molecule has 33 heavy (non-hydrogen) atoms. The van der Waals surface area contributed by atoms with Crippen LogP contribution in [-0.4, -0.2) is 33.1 Å². The summed E-state index contributed by atoms with van der Waals surface area (Å²) in [5, 5.41) is 34.0. The molecule has 3 unspecified atom stereocenters. The summed E-state index contributed by atoms with van der Waals surface area (Å²) in [5.74, 6) is 2.26. The molecule has 3 heteroatoms. The minimum absolute atomic E-state index is 0.0769. The molecule has 0 bridgehead atoms. The first-order valence-corrected chi connectivity index (χ1v) is 14.1. The molecule has 5 rings (SSSR count). The molecule has 5 aliphatic carbocycles. The average Bonchev–Trinajstić information content (AvgIpc) is 2.69. The van der Waals surface area contributed by atoms with Gasteiger partial charge in [-0.15, -0.1) is 0 Å². The van der Waals surface area contributed by atoms with Gasteiger partial charge in [-0.05, 0) is 121 Å². The molecule has 5 fully saturated rings. The minimum atomic E-state index is -0.563. The summed E-state index contributed by atoms with van der Waals surface area (Å²) in [6, 6.07) is 0. The molecule has 0 radical (unpaired) electrons. The molecule has 12 atom stereocenters. The van der Waals surface area contributed by atoms with Gasteiger partial charge in [0.1, 0.15) is 0 Å². The van der Waals surface area contributed by atoms with Crippen LogP contribution in [0.1, 0.15) is 113 Å². The maximum Gasteiger partial charge on any atom is 0.0648 e. The van der Waals surface area contributed by atoms with Crippen LogP contribution in [0.2, 0.25) is 0 Å². The molecule has 0 amide bonds. The van der Waals surface area contributed by atoms with E-state index in [1.807, 2.05) is 0 Å². The summed E-state index contributed by atoms with van der Waals surface area (Å²) >= 11 is 0. The van der Waals surface area contributed by atoms with Crippen LogP contribution in [0.25, 0.3) is 0 Å². The van der Waals surface area contributed by atoms with E-state index < -0.39 is 5.60 Å². The summed E-state index contributed by atoms with van der Waals surface area (Å²) in [6.07, 6.45) is 9.19. The van der Waals surface area contributed by atoms with E-state index in [-0.39, 0.29) is 39.8 Å². The van der Waals surface area contributed by atoms with Crippen LogP contribution in [0.15, 0.2) is 0 Å². The van der Waals surface area contributed by atoms with Crippen molar-refractivity contribution in [3.63, 3.8) is 0 Å². The SMILES string of the molecule is C[C@@H]1[C@@H]2C3CCC4[C@@]5(C)CC[C@H](O)C(C)(C)C5[C@@H](O)C[C@@]4(C)[C@]3(C)CC[C@@]2(C)CC[C@]1(C)O. The molecule has 5 saturated carbocycles. The Bertz CT molecular complexity index is 804. The van der Waals surface area contributed by atoms with Crippen molar-refractivity contribution < 1.29 is 15.3 Å². The van der Waals surface area contributed by atoms with Gasteiger partial charge in [-0.25, -0.2) is 0 Å². The highest BCUT2D eigenvalue weighted by molar-refractivity contribution is 5.20. The normalized spacial score (nSPS) is 62.5. The number of aliphatic hydroxyl groups is 3. The number of aliphatic hydroxyl groups excluding tert-OH is 2. The van der Waals surface area contributed by atoms with E-state index in [9.17, 15) is 15.3 Å². The number of rotatable bonds is 0. The molecule has 0 heterocycles. The lowest BCUT2D eigenvalue weighted by Gasteiger charge is -2.74. The van der Waals surface area contributed by atoms with Crippen LogP contribution >= 0.6 is 0 Å². The molecule has 0 spiro atoms. The molecule has 0 aromatic rings. The van der Waals surface area contributed by atoms with E-state index in [2.05, 4.69) is 55.4 Å². The second kappa shape index (κ2) is 7.00. The third-order valence-electron chi connectivity index (χ3n) is 14.0. The zero-order valence-electron chi connectivity index (χ0n) is 22.7. The third kappa shape index (κ3) is 2.91. The first-order valence-electron chi connectivity index (χ1n) is 14.1. The van der Waals surface area contributed by atoms with E-state index in [4.69, 9.17) is 0 Å². The molecular formula is C30H52O3. The summed E-state index contributed by atoms with van der Waals surface area (Å²) in [5.41, 5.74) is -0.0976. The average molecular weight is 461 g/mol. The van der Waals surface area contributed by atoms with Gasteiger partial charge in [-0.1, -0.05) is 48.5 Å². The Balaban J connectivity index is 1.57. The van der Waals surface area contributed by atoms with Crippen molar-refractivity contribution in [2.45, 2.75) is 131 Å². The molecule has 3 N–H and O–H groups in total. The standard InChI is InChI=1S/C30H52O3/c1-18-23-19-9-10-21-27(5)12-11-22(32)25(2,3)24(27)20(31)17-29(21,7)28(19,6)15-13-26(23,4)14-16-30(18,8)33/h18-24,31-33H,9-17H2,1-8H3/t18-,19?,20+,21?,22+,23-,24?,26+,27-,28-,29-,30+/m1/s1. The fraction of sp³-hybridized carbons (Fsp3) is 1.00. The van der Waals surface area contributed by atoms with E-state index >= 15 is 0 Å². The smallest absolute Gasteiger partial charge is 0.0648 e. The van der Waals surface area contributed by atoms with Gasteiger partial charge in [0.15, 0.2) is 0 Å². The monoisotopic (exact) mass is 460 g/mol. The lowest BCUT2D eigenvalue weighted by atomic mass is 9.31. The van der Waals surface area contributed by atoms with E-state index in [1.54, 1.807) is 0 Å². The Morgan fingerprint density at radius 1 is 0.727 bits per heavy atom. The summed E-state index contributed by atoms with van der Waals surface area (Å²) in [7, 11) is 0. The zero-order valence-corrected chi connectivity index (χ0v) is 22.7. The van der Waals surface area contributed by atoms with Crippen molar-refractivity contribution >= 4 is 0 Å². The zero-order chi connectivity index (χ0) is 24.4. The summed E-state index contributed by atoms with van der Waals surface area (Å²) in [6.45, 7) is 19.0. The third-order valence-corrected chi connectivity index (χ3v) is 14.0. The van der Waals surface area contributed by atoms with Gasteiger partial charge < -0.3 is 15.3 Å². The molecular weight excluding hydrogens is 408 g/mol. The molecule has 0 aromatic carbocycles. The van der Waals surface area contributed by atoms with E-state index in [0.717, 1.165) is 32.1 Å². The van der Waals surface area contributed by atoms with Crippen LogP contribution in [0.5, 0.6) is 0 Å². The van der Waals surface area contributed by atoms with Crippen molar-refractivity contribution in [1.29, 1.82) is 0 Å². The van der Waals surface area contributed by atoms with Gasteiger partial charge >= 0.3 is 0 Å². The number of hydrogen-bond acceptors (Lipinski definition) is 3. The molecule has 0 saturated heterocycles. The lowest BCUT2D eigenvalue weighted by Crippen LogP contribution is -2.70. The maximum absolute atomic E-state index is 11.8. The van der Waals surface area contributed by atoms with Crippen molar-refractivity contribution in [2.75, 3.05) is 0 Å². The molecule has 0 aromatic heterocycles. The van der Waals surface area contributed by atoms with Gasteiger partial charge in [0.05, 0.1) is 17.8 Å². The summed E-state index contributed by atoms with van der Waals surface area (Å²) in [4.78, 5) is 0. The highest BCUT2D eigenvalue weighted by Gasteiger charge is 2.72. The van der Waals surface area contributed by atoms with Gasteiger partial charge in [-0.2, -0.15) is 0 Å². The van der Waals surface area contributed by atoms with Crippen molar-refractivity contribution in [3.8, 4) is 0 Å². The Kier molecular flexibility index (Phi) is 5.21. The minimum Gasteiger partial charge on any atom is -0.393 e. The van der Waals surface area contributed by atoms with E-state index in [0.29, 0.717) is 29.1 Å². The topological polar surface area (TPSA) is 60.7 Å². The van der Waals surface area contributed by atoms with Gasteiger partial charge in [0.2, 0.25) is 0 Å². The quantitative estimate of drug-likeness (QED) is 0.404. The van der Waals surface area contributed by atoms with Crippen LogP contribution in [0, 0.1) is 56.7 Å². The predicted octanol–water partition coefficient (Wildman–Crippen LogP) is 6.19.